The van der Waals surface area contributed by atoms with Crippen molar-refractivity contribution in [3.63, 3.8) is 0 Å². The van der Waals surface area contributed by atoms with Crippen molar-refractivity contribution >= 4 is 11.8 Å². The Hall–Kier alpha value is -0.540. The fourth-order valence-corrected chi connectivity index (χ4v) is 3.76. The van der Waals surface area contributed by atoms with E-state index >= 15 is 0 Å². The lowest BCUT2D eigenvalue weighted by molar-refractivity contribution is 0.576. The van der Waals surface area contributed by atoms with Gasteiger partial charge in [-0.25, -0.2) is 4.39 Å². The average molecular weight is 281 g/mol. The van der Waals surface area contributed by atoms with Gasteiger partial charge >= 0.3 is 0 Å². The van der Waals surface area contributed by atoms with Gasteiger partial charge in [0.1, 0.15) is 5.82 Å². The van der Waals surface area contributed by atoms with Gasteiger partial charge in [0.05, 0.1) is 0 Å². The number of nitrogens with one attached hydrogen (secondary N) is 1. The zero-order valence-electron chi connectivity index (χ0n) is 11.9. The molecule has 0 heterocycles. The van der Waals surface area contributed by atoms with Crippen LogP contribution < -0.4 is 5.32 Å². The highest BCUT2D eigenvalue weighted by Gasteiger charge is 2.16. The van der Waals surface area contributed by atoms with Crippen LogP contribution in [-0.4, -0.2) is 11.8 Å². The van der Waals surface area contributed by atoms with Crippen LogP contribution in [0, 0.1) is 11.7 Å². The first-order valence-corrected chi connectivity index (χ1v) is 8.28. The first-order valence-electron chi connectivity index (χ1n) is 7.30. The summed E-state index contributed by atoms with van der Waals surface area (Å²) in [6.45, 7) is 4.98. The molecule has 1 N–H and O–H groups in total. The topological polar surface area (TPSA) is 12.0 Å². The van der Waals surface area contributed by atoms with E-state index in [0.717, 1.165) is 18.0 Å². The van der Waals surface area contributed by atoms with E-state index in [1.54, 1.807) is 12.1 Å². The maximum Gasteiger partial charge on any atom is 0.123 e. The lowest BCUT2D eigenvalue weighted by Gasteiger charge is -2.14. The molecule has 1 aliphatic rings. The summed E-state index contributed by atoms with van der Waals surface area (Å²) < 4.78 is 13.4. The maximum atomic E-state index is 13.4. The van der Waals surface area contributed by atoms with Crippen LogP contribution in [0.4, 0.5) is 4.39 Å². The van der Waals surface area contributed by atoms with E-state index in [1.807, 2.05) is 17.8 Å². The largest absolute Gasteiger partial charge is 0.310 e. The first-order chi connectivity index (χ1) is 9.15. The molecule has 1 aromatic rings. The van der Waals surface area contributed by atoms with E-state index in [1.165, 1.54) is 36.3 Å². The molecular formula is C16H24FNS. The Labute approximate surface area is 120 Å². The van der Waals surface area contributed by atoms with Crippen LogP contribution in [0.2, 0.25) is 0 Å². The summed E-state index contributed by atoms with van der Waals surface area (Å²) >= 11 is 1.90. The van der Waals surface area contributed by atoms with Crippen molar-refractivity contribution < 1.29 is 4.39 Å². The lowest BCUT2D eigenvalue weighted by atomic mass is 10.1. The summed E-state index contributed by atoms with van der Waals surface area (Å²) in [7, 11) is 0. The van der Waals surface area contributed by atoms with Crippen LogP contribution in [0.1, 0.15) is 45.1 Å². The fraction of sp³-hybridized carbons (Fsp3) is 0.625. The van der Waals surface area contributed by atoms with Gasteiger partial charge in [-0.2, -0.15) is 0 Å². The molecule has 1 saturated carbocycles. The molecule has 0 radical (unpaired) electrons. The van der Waals surface area contributed by atoms with Crippen LogP contribution in [-0.2, 0) is 6.54 Å². The summed E-state index contributed by atoms with van der Waals surface area (Å²) in [5, 5.41) is 3.38. The SMILES string of the molecule is CC(C)NCc1cc(F)ccc1SCC1CCCC1. The van der Waals surface area contributed by atoms with Gasteiger partial charge in [-0.1, -0.05) is 26.7 Å². The number of halogens is 1. The van der Waals surface area contributed by atoms with Gasteiger partial charge in [-0.05, 0) is 42.5 Å². The van der Waals surface area contributed by atoms with Crippen molar-refractivity contribution in [3.05, 3.63) is 29.6 Å². The van der Waals surface area contributed by atoms with E-state index in [4.69, 9.17) is 0 Å². The van der Waals surface area contributed by atoms with Gasteiger partial charge in [0.2, 0.25) is 0 Å². The molecule has 0 spiro atoms. The van der Waals surface area contributed by atoms with Crippen molar-refractivity contribution in [1.29, 1.82) is 0 Å². The molecule has 0 saturated heterocycles. The third kappa shape index (κ3) is 4.81. The number of thioether (sulfide) groups is 1. The Morgan fingerprint density at radius 1 is 1.32 bits per heavy atom. The van der Waals surface area contributed by atoms with Crippen molar-refractivity contribution in [3.8, 4) is 0 Å². The summed E-state index contributed by atoms with van der Waals surface area (Å²) in [6, 6.07) is 5.62. The molecule has 2 rings (SSSR count). The number of rotatable bonds is 6. The lowest BCUT2D eigenvalue weighted by Crippen LogP contribution is -2.22. The van der Waals surface area contributed by atoms with E-state index in [9.17, 15) is 4.39 Å². The second-order valence-electron chi connectivity index (χ2n) is 5.75. The number of hydrogen-bond acceptors (Lipinski definition) is 2. The molecule has 0 unspecified atom stereocenters. The van der Waals surface area contributed by atoms with Gasteiger partial charge in [-0.3, -0.25) is 0 Å². The minimum Gasteiger partial charge on any atom is -0.310 e. The average Bonchev–Trinajstić information content (AvgIpc) is 2.88. The molecule has 0 amide bonds. The second-order valence-corrected chi connectivity index (χ2v) is 6.81. The van der Waals surface area contributed by atoms with Crippen LogP contribution >= 0.6 is 11.8 Å². The van der Waals surface area contributed by atoms with Gasteiger partial charge < -0.3 is 5.32 Å². The quantitative estimate of drug-likeness (QED) is 0.764. The molecule has 0 bridgehead atoms. The molecule has 19 heavy (non-hydrogen) atoms. The predicted octanol–water partition coefficient (Wildman–Crippen LogP) is 4.61. The van der Waals surface area contributed by atoms with Crippen molar-refractivity contribution in [2.45, 2.75) is 57.0 Å². The zero-order valence-corrected chi connectivity index (χ0v) is 12.7. The molecule has 0 aliphatic heterocycles. The monoisotopic (exact) mass is 281 g/mol. The van der Waals surface area contributed by atoms with Crippen molar-refractivity contribution in [2.24, 2.45) is 5.92 Å². The smallest absolute Gasteiger partial charge is 0.123 e. The third-order valence-corrected chi connectivity index (χ3v) is 5.02. The van der Waals surface area contributed by atoms with Crippen LogP contribution in [0.5, 0.6) is 0 Å². The summed E-state index contributed by atoms with van der Waals surface area (Å²) in [4.78, 5) is 1.24. The molecule has 106 valence electrons. The highest BCUT2D eigenvalue weighted by Crippen LogP contribution is 2.32. The highest BCUT2D eigenvalue weighted by atomic mass is 32.2. The molecule has 1 aromatic carbocycles. The van der Waals surface area contributed by atoms with E-state index in [-0.39, 0.29) is 5.82 Å². The number of hydrogen-bond donors (Lipinski definition) is 1. The molecule has 0 atom stereocenters. The van der Waals surface area contributed by atoms with E-state index in [2.05, 4.69) is 19.2 Å². The fourth-order valence-electron chi connectivity index (χ4n) is 2.53. The molecular weight excluding hydrogens is 257 g/mol. The summed E-state index contributed by atoms with van der Waals surface area (Å²) in [5.74, 6) is 1.91. The minimum atomic E-state index is -0.134. The first kappa shape index (κ1) is 14.9. The highest BCUT2D eigenvalue weighted by molar-refractivity contribution is 7.99. The Bertz CT molecular complexity index is 400. The molecule has 1 nitrogen and oxygen atoms in total. The molecule has 1 aliphatic carbocycles. The summed E-state index contributed by atoms with van der Waals surface area (Å²) in [6.07, 6.45) is 5.51. The molecule has 1 fully saturated rings. The maximum absolute atomic E-state index is 13.4. The Morgan fingerprint density at radius 2 is 2.05 bits per heavy atom. The van der Waals surface area contributed by atoms with Crippen LogP contribution in [0.25, 0.3) is 0 Å². The van der Waals surface area contributed by atoms with Gasteiger partial charge in [0.25, 0.3) is 0 Å². The normalized spacial score (nSPS) is 16.4. The zero-order chi connectivity index (χ0) is 13.7. The van der Waals surface area contributed by atoms with Gasteiger partial charge in [0, 0.05) is 23.2 Å². The van der Waals surface area contributed by atoms with Crippen molar-refractivity contribution in [1.82, 2.24) is 5.32 Å². The molecule has 3 heteroatoms. The Morgan fingerprint density at radius 3 is 2.74 bits per heavy atom. The van der Waals surface area contributed by atoms with Crippen LogP contribution in [0.15, 0.2) is 23.1 Å². The van der Waals surface area contributed by atoms with Gasteiger partial charge in [0.15, 0.2) is 0 Å². The Balaban J connectivity index is 1.96. The second kappa shape index (κ2) is 7.30. The number of benzene rings is 1. The molecule has 0 aromatic heterocycles. The standard InChI is InChI=1S/C16H24FNS/c1-12(2)18-10-14-9-15(17)7-8-16(14)19-11-13-5-3-4-6-13/h7-9,12-13,18H,3-6,10-11H2,1-2H3. The third-order valence-electron chi connectivity index (χ3n) is 3.67. The van der Waals surface area contributed by atoms with E-state index < -0.39 is 0 Å². The summed E-state index contributed by atoms with van der Waals surface area (Å²) in [5.41, 5.74) is 1.09. The Kier molecular flexibility index (Phi) is 5.71. The van der Waals surface area contributed by atoms with E-state index in [0.29, 0.717) is 6.04 Å². The minimum absolute atomic E-state index is 0.134. The van der Waals surface area contributed by atoms with Crippen molar-refractivity contribution in [2.75, 3.05) is 5.75 Å². The van der Waals surface area contributed by atoms with Gasteiger partial charge in [-0.15, -0.1) is 11.8 Å². The predicted molar refractivity (Wildman–Crippen MR) is 81.1 cm³/mol. The van der Waals surface area contributed by atoms with Crippen LogP contribution in [0.3, 0.4) is 0 Å².